The molecule has 0 saturated heterocycles. The van der Waals surface area contributed by atoms with E-state index in [9.17, 15) is 0 Å². The van der Waals surface area contributed by atoms with E-state index in [1.165, 1.54) is 5.57 Å². The molecule has 0 aliphatic carbocycles. The molecule has 0 atom stereocenters. The molecular formula is C10H21N. The molecule has 0 aromatic heterocycles. The van der Waals surface area contributed by atoms with E-state index in [0.29, 0.717) is 0 Å². The highest BCUT2D eigenvalue weighted by atomic mass is 14.5. The van der Waals surface area contributed by atoms with Gasteiger partial charge in [-0.1, -0.05) is 32.4 Å². The van der Waals surface area contributed by atoms with Crippen LogP contribution in [0.4, 0.5) is 0 Å². The third-order valence-electron chi connectivity index (χ3n) is 1.30. The van der Waals surface area contributed by atoms with Crippen LogP contribution in [-0.4, -0.2) is 0 Å². The second kappa shape index (κ2) is 9.28. The molecule has 0 rings (SSSR count). The summed E-state index contributed by atoms with van der Waals surface area (Å²) < 4.78 is 0. The van der Waals surface area contributed by atoms with Crippen LogP contribution in [0.2, 0.25) is 0 Å². The molecule has 0 radical (unpaired) electrons. The average molecular weight is 155 g/mol. The van der Waals surface area contributed by atoms with Crippen molar-refractivity contribution in [2.24, 2.45) is 5.73 Å². The maximum atomic E-state index is 5.53. The molecule has 1 nitrogen and oxygen atoms in total. The maximum absolute atomic E-state index is 5.53. The van der Waals surface area contributed by atoms with Crippen molar-refractivity contribution in [2.45, 2.75) is 41.0 Å². The van der Waals surface area contributed by atoms with Crippen LogP contribution >= 0.6 is 0 Å². The van der Waals surface area contributed by atoms with E-state index < -0.39 is 0 Å². The van der Waals surface area contributed by atoms with Gasteiger partial charge in [-0.05, 0) is 26.3 Å². The molecular weight excluding hydrogens is 134 g/mol. The van der Waals surface area contributed by atoms with E-state index in [0.717, 1.165) is 12.1 Å². The number of hydrogen-bond donors (Lipinski definition) is 1. The van der Waals surface area contributed by atoms with Gasteiger partial charge in [-0.2, -0.15) is 0 Å². The number of hydrogen-bond acceptors (Lipinski definition) is 1. The topological polar surface area (TPSA) is 26.0 Å². The molecule has 0 bridgehead atoms. The first-order valence-electron chi connectivity index (χ1n) is 4.29. The van der Waals surface area contributed by atoms with Gasteiger partial charge in [0.2, 0.25) is 0 Å². The molecule has 11 heavy (non-hydrogen) atoms. The summed E-state index contributed by atoms with van der Waals surface area (Å²) in [5, 5.41) is 0. The molecule has 0 fully saturated rings. The highest BCUT2D eigenvalue weighted by Gasteiger charge is 1.83. The Morgan fingerprint density at radius 2 is 1.82 bits per heavy atom. The van der Waals surface area contributed by atoms with Crippen molar-refractivity contribution in [1.82, 2.24) is 0 Å². The predicted molar refractivity (Wildman–Crippen MR) is 53.3 cm³/mol. The minimum atomic E-state index is 0.856. The van der Waals surface area contributed by atoms with Crippen molar-refractivity contribution in [3.05, 3.63) is 23.4 Å². The first-order chi connectivity index (χ1) is 5.20. The standard InChI is InChI=1S/C8H15N.C2H6/c1-4-7(3)6-8(9)5-2;1-2/h5-6H,4,9H2,1-3H3;1-2H3/b7-6-,8-5+;. The molecule has 0 heterocycles. The van der Waals surface area contributed by atoms with Gasteiger partial charge < -0.3 is 5.73 Å². The summed E-state index contributed by atoms with van der Waals surface area (Å²) in [6.45, 7) is 10.1. The highest BCUT2D eigenvalue weighted by molar-refractivity contribution is 5.18. The fourth-order valence-corrected chi connectivity index (χ4v) is 0.470. The molecule has 0 aromatic carbocycles. The Balaban J connectivity index is 0. The van der Waals surface area contributed by atoms with Gasteiger partial charge in [0, 0.05) is 5.70 Å². The normalized spacial score (nSPS) is 12.1. The smallest absolute Gasteiger partial charge is 0.0270 e. The molecule has 0 aliphatic heterocycles. The Labute approximate surface area is 71.0 Å². The third-order valence-corrected chi connectivity index (χ3v) is 1.30. The van der Waals surface area contributed by atoms with Crippen LogP contribution in [-0.2, 0) is 0 Å². The Morgan fingerprint density at radius 1 is 1.36 bits per heavy atom. The van der Waals surface area contributed by atoms with Crippen molar-refractivity contribution in [1.29, 1.82) is 0 Å². The summed E-state index contributed by atoms with van der Waals surface area (Å²) >= 11 is 0. The van der Waals surface area contributed by atoms with E-state index in [1.54, 1.807) is 0 Å². The zero-order chi connectivity index (χ0) is 9.28. The van der Waals surface area contributed by atoms with E-state index in [2.05, 4.69) is 13.8 Å². The fourth-order valence-electron chi connectivity index (χ4n) is 0.470. The van der Waals surface area contributed by atoms with Crippen LogP contribution in [0.25, 0.3) is 0 Å². The lowest BCUT2D eigenvalue weighted by Gasteiger charge is -1.93. The van der Waals surface area contributed by atoms with Gasteiger partial charge in [0.1, 0.15) is 0 Å². The lowest BCUT2D eigenvalue weighted by atomic mass is 10.2. The van der Waals surface area contributed by atoms with Crippen LogP contribution in [0.1, 0.15) is 41.0 Å². The summed E-state index contributed by atoms with van der Waals surface area (Å²) in [5.74, 6) is 0. The molecule has 0 aromatic rings. The van der Waals surface area contributed by atoms with E-state index >= 15 is 0 Å². The molecule has 0 saturated carbocycles. The molecule has 66 valence electrons. The SMILES string of the molecule is C/C=C(N)\C=C(\C)CC.CC. The van der Waals surface area contributed by atoms with Crippen LogP contribution in [0.3, 0.4) is 0 Å². The lowest BCUT2D eigenvalue weighted by molar-refractivity contribution is 1.09. The minimum Gasteiger partial charge on any atom is -0.399 e. The van der Waals surface area contributed by atoms with Crippen LogP contribution in [0.15, 0.2) is 23.4 Å². The van der Waals surface area contributed by atoms with Gasteiger partial charge in [-0.15, -0.1) is 0 Å². The monoisotopic (exact) mass is 155 g/mol. The Kier molecular flexibility index (Phi) is 10.9. The van der Waals surface area contributed by atoms with Crippen molar-refractivity contribution in [3.8, 4) is 0 Å². The van der Waals surface area contributed by atoms with Crippen LogP contribution in [0, 0.1) is 0 Å². The lowest BCUT2D eigenvalue weighted by Crippen LogP contribution is -1.92. The molecule has 0 amide bonds. The highest BCUT2D eigenvalue weighted by Crippen LogP contribution is 2.00. The molecule has 1 heteroatoms. The van der Waals surface area contributed by atoms with E-state index in [-0.39, 0.29) is 0 Å². The maximum Gasteiger partial charge on any atom is 0.0270 e. The molecule has 2 N–H and O–H groups in total. The largest absolute Gasteiger partial charge is 0.399 e. The Morgan fingerprint density at radius 3 is 2.09 bits per heavy atom. The minimum absolute atomic E-state index is 0.856. The number of nitrogens with two attached hydrogens (primary N) is 1. The zero-order valence-electron chi connectivity index (χ0n) is 8.44. The molecule has 0 spiro atoms. The zero-order valence-corrected chi connectivity index (χ0v) is 8.44. The third kappa shape index (κ3) is 9.28. The van der Waals surface area contributed by atoms with Crippen molar-refractivity contribution in [2.75, 3.05) is 0 Å². The first-order valence-corrected chi connectivity index (χ1v) is 4.29. The summed E-state index contributed by atoms with van der Waals surface area (Å²) in [5.41, 5.74) is 7.71. The molecule has 0 aliphatic rings. The van der Waals surface area contributed by atoms with Crippen LogP contribution in [0.5, 0.6) is 0 Å². The van der Waals surface area contributed by atoms with Gasteiger partial charge in [0.15, 0.2) is 0 Å². The summed E-state index contributed by atoms with van der Waals surface area (Å²) in [7, 11) is 0. The quantitative estimate of drug-likeness (QED) is 0.609. The Bertz CT molecular complexity index is 132. The van der Waals surface area contributed by atoms with Crippen molar-refractivity contribution >= 4 is 0 Å². The van der Waals surface area contributed by atoms with E-state index in [4.69, 9.17) is 5.73 Å². The van der Waals surface area contributed by atoms with Gasteiger partial charge in [0.05, 0.1) is 0 Å². The second-order valence-corrected chi connectivity index (χ2v) is 2.13. The van der Waals surface area contributed by atoms with Gasteiger partial charge in [0.25, 0.3) is 0 Å². The Hall–Kier alpha value is -0.720. The average Bonchev–Trinajstić information content (AvgIpc) is 2.07. The second-order valence-electron chi connectivity index (χ2n) is 2.13. The summed E-state index contributed by atoms with van der Waals surface area (Å²) in [6.07, 6.45) is 4.98. The van der Waals surface area contributed by atoms with Gasteiger partial charge in [-0.3, -0.25) is 0 Å². The van der Waals surface area contributed by atoms with E-state index in [1.807, 2.05) is 32.9 Å². The number of allylic oxidation sites excluding steroid dienone is 3. The molecule has 0 unspecified atom stereocenters. The first kappa shape index (κ1) is 12.9. The summed E-state index contributed by atoms with van der Waals surface area (Å²) in [6, 6.07) is 0. The summed E-state index contributed by atoms with van der Waals surface area (Å²) in [4.78, 5) is 0. The fraction of sp³-hybridized carbons (Fsp3) is 0.600. The number of rotatable bonds is 2. The van der Waals surface area contributed by atoms with Crippen molar-refractivity contribution in [3.63, 3.8) is 0 Å². The predicted octanol–water partition coefficient (Wildman–Crippen LogP) is 3.23. The van der Waals surface area contributed by atoms with Crippen molar-refractivity contribution < 1.29 is 0 Å². The van der Waals surface area contributed by atoms with Gasteiger partial charge >= 0.3 is 0 Å². The van der Waals surface area contributed by atoms with Gasteiger partial charge in [-0.25, -0.2) is 0 Å². The van der Waals surface area contributed by atoms with Crippen LogP contribution < -0.4 is 5.73 Å².